The lowest BCUT2D eigenvalue weighted by Crippen LogP contribution is -2.51. The zero-order valence-electron chi connectivity index (χ0n) is 9.92. The molecule has 2 aliphatic rings. The lowest BCUT2D eigenvalue weighted by atomic mass is 9.86. The maximum absolute atomic E-state index is 2.64. The predicted molar refractivity (Wildman–Crippen MR) is 60.5 cm³/mol. The fourth-order valence-electron chi connectivity index (χ4n) is 3.08. The summed E-state index contributed by atoms with van der Waals surface area (Å²) in [6, 6.07) is 0.727. The van der Waals surface area contributed by atoms with Crippen LogP contribution >= 0.6 is 0 Å². The SMILES string of the molecule is CC(C)N1CCC2(CCCCN2C)C1. The smallest absolute Gasteiger partial charge is 0.0345 e. The second kappa shape index (κ2) is 3.82. The molecule has 0 aromatic heterocycles. The molecule has 82 valence electrons. The van der Waals surface area contributed by atoms with E-state index in [0.717, 1.165) is 6.04 Å². The monoisotopic (exact) mass is 196 g/mol. The van der Waals surface area contributed by atoms with Gasteiger partial charge in [-0.2, -0.15) is 0 Å². The summed E-state index contributed by atoms with van der Waals surface area (Å²) in [5.41, 5.74) is 0.544. The molecule has 2 heteroatoms. The van der Waals surface area contributed by atoms with Gasteiger partial charge in [0.1, 0.15) is 0 Å². The Morgan fingerprint density at radius 2 is 1.86 bits per heavy atom. The van der Waals surface area contributed by atoms with Crippen molar-refractivity contribution in [1.82, 2.24) is 9.80 Å². The predicted octanol–water partition coefficient (Wildman–Crippen LogP) is 1.95. The Morgan fingerprint density at radius 1 is 1.07 bits per heavy atom. The zero-order chi connectivity index (χ0) is 10.2. The third kappa shape index (κ3) is 1.70. The van der Waals surface area contributed by atoms with Crippen molar-refractivity contribution in [2.24, 2.45) is 0 Å². The minimum atomic E-state index is 0.544. The standard InChI is InChI=1S/C12H24N2/c1-11(2)14-9-7-12(10-14)6-4-5-8-13(12)3/h11H,4-10H2,1-3H3. The topological polar surface area (TPSA) is 6.48 Å². The van der Waals surface area contributed by atoms with Gasteiger partial charge < -0.3 is 0 Å². The van der Waals surface area contributed by atoms with Crippen LogP contribution < -0.4 is 0 Å². The fraction of sp³-hybridized carbons (Fsp3) is 1.00. The molecule has 14 heavy (non-hydrogen) atoms. The maximum atomic E-state index is 2.64. The number of rotatable bonds is 1. The molecule has 2 nitrogen and oxygen atoms in total. The van der Waals surface area contributed by atoms with Crippen molar-refractivity contribution in [1.29, 1.82) is 0 Å². The van der Waals surface area contributed by atoms with Crippen molar-refractivity contribution in [3.8, 4) is 0 Å². The van der Waals surface area contributed by atoms with Crippen molar-refractivity contribution < 1.29 is 0 Å². The lowest BCUT2D eigenvalue weighted by molar-refractivity contribution is 0.0754. The molecular formula is C12H24N2. The van der Waals surface area contributed by atoms with Gasteiger partial charge in [0, 0.05) is 24.7 Å². The molecule has 0 aromatic carbocycles. The normalized spacial score (nSPS) is 36.0. The molecule has 0 radical (unpaired) electrons. The Balaban J connectivity index is 2.03. The van der Waals surface area contributed by atoms with Crippen LogP contribution in [-0.4, -0.2) is 48.1 Å². The molecule has 2 aliphatic heterocycles. The van der Waals surface area contributed by atoms with Crippen LogP contribution in [0.15, 0.2) is 0 Å². The quantitative estimate of drug-likeness (QED) is 0.632. The highest BCUT2D eigenvalue weighted by molar-refractivity contribution is 5.00. The van der Waals surface area contributed by atoms with E-state index in [1.807, 2.05) is 0 Å². The van der Waals surface area contributed by atoms with E-state index in [4.69, 9.17) is 0 Å². The summed E-state index contributed by atoms with van der Waals surface area (Å²) in [4.78, 5) is 5.26. The van der Waals surface area contributed by atoms with Crippen LogP contribution in [-0.2, 0) is 0 Å². The summed E-state index contributed by atoms with van der Waals surface area (Å²) in [5.74, 6) is 0. The molecule has 2 heterocycles. The van der Waals surface area contributed by atoms with Gasteiger partial charge in [-0.25, -0.2) is 0 Å². The molecule has 2 fully saturated rings. The van der Waals surface area contributed by atoms with Crippen molar-refractivity contribution in [2.75, 3.05) is 26.7 Å². The number of hydrogen-bond acceptors (Lipinski definition) is 2. The number of likely N-dealkylation sites (N-methyl/N-ethyl adjacent to an activating group) is 1. The number of hydrogen-bond donors (Lipinski definition) is 0. The second-order valence-electron chi connectivity index (χ2n) is 5.42. The van der Waals surface area contributed by atoms with Crippen molar-refractivity contribution >= 4 is 0 Å². The van der Waals surface area contributed by atoms with Gasteiger partial charge in [0.25, 0.3) is 0 Å². The third-order valence-electron chi connectivity index (χ3n) is 4.29. The molecular weight excluding hydrogens is 172 g/mol. The van der Waals surface area contributed by atoms with Gasteiger partial charge in [0.15, 0.2) is 0 Å². The molecule has 0 amide bonds. The Labute approximate surface area is 88.3 Å². The number of piperidine rings is 1. The van der Waals surface area contributed by atoms with E-state index in [0.29, 0.717) is 5.54 Å². The van der Waals surface area contributed by atoms with E-state index < -0.39 is 0 Å². The van der Waals surface area contributed by atoms with E-state index in [1.165, 1.54) is 45.3 Å². The highest BCUT2D eigenvalue weighted by Gasteiger charge is 2.42. The summed E-state index contributed by atoms with van der Waals surface area (Å²) in [6.45, 7) is 8.57. The number of nitrogens with zero attached hydrogens (tertiary/aromatic N) is 2. The van der Waals surface area contributed by atoms with Gasteiger partial charge in [-0.05, 0) is 46.7 Å². The molecule has 0 N–H and O–H groups in total. The maximum Gasteiger partial charge on any atom is 0.0345 e. The van der Waals surface area contributed by atoms with Gasteiger partial charge in [-0.1, -0.05) is 6.42 Å². The van der Waals surface area contributed by atoms with E-state index in [1.54, 1.807) is 0 Å². The third-order valence-corrected chi connectivity index (χ3v) is 4.29. The Hall–Kier alpha value is -0.0800. The first-order chi connectivity index (χ1) is 6.64. The van der Waals surface area contributed by atoms with Crippen LogP contribution in [0.3, 0.4) is 0 Å². The summed E-state index contributed by atoms with van der Waals surface area (Å²) in [6.07, 6.45) is 5.66. The summed E-state index contributed by atoms with van der Waals surface area (Å²) >= 11 is 0. The van der Waals surface area contributed by atoms with E-state index in [2.05, 4.69) is 30.7 Å². The molecule has 1 atom stereocenters. The van der Waals surface area contributed by atoms with Crippen molar-refractivity contribution in [2.45, 2.75) is 51.1 Å². The van der Waals surface area contributed by atoms with E-state index >= 15 is 0 Å². The van der Waals surface area contributed by atoms with Crippen molar-refractivity contribution in [3.05, 3.63) is 0 Å². The first-order valence-corrected chi connectivity index (χ1v) is 6.09. The Kier molecular flexibility index (Phi) is 2.85. The first kappa shape index (κ1) is 10.4. The van der Waals surface area contributed by atoms with Gasteiger partial charge in [0.05, 0.1) is 0 Å². The fourth-order valence-corrected chi connectivity index (χ4v) is 3.08. The molecule has 0 aliphatic carbocycles. The molecule has 1 spiro atoms. The van der Waals surface area contributed by atoms with E-state index in [9.17, 15) is 0 Å². The molecule has 0 aromatic rings. The summed E-state index contributed by atoms with van der Waals surface area (Å²) < 4.78 is 0. The second-order valence-corrected chi connectivity index (χ2v) is 5.42. The van der Waals surface area contributed by atoms with Gasteiger partial charge >= 0.3 is 0 Å². The minimum absolute atomic E-state index is 0.544. The highest BCUT2D eigenvalue weighted by atomic mass is 15.3. The van der Waals surface area contributed by atoms with E-state index in [-0.39, 0.29) is 0 Å². The molecule has 2 saturated heterocycles. The molecule has 0 saturated carbocycles. The van der Waals surface area contributed by atoms with Crippen LogP contribution in [0.1, 0.15) is 39.5 Å². The number of likely N-dealkylation sites (tertiary alicyclic amines) is 2. The lowest BCUT2D eigenvalue weighted by Gasteiger charge is -2.43. The highest BCUT2D eigenvalue weighted by Crippen LogP contribution is 2.35. The first-order valence-electron chi connectivity index (χ1n) is 6.09. The van der Waals surface area contributed by atoms with Crippen LogP contribution in [0.25, 0.3) is 0 Å². The van der Waals surface area contributed by atoms with Crippen molar-refractivity contribution in [3.63, 3.8) is 0 Å². The van der Waals surface area contributed by atoms with Gasteiger partial charge in [-0.3, -0.25) is 9.80 Å². The van der Waals surface area contributed by atoms with Crippen LogP contribution in [0.5, 0.6) is 0 Å². The largest absolute Gasteiger partial charge is 0.299 e. The summed E-state index contributed by atoms with van der Waals surface area (Å²) in [7, 11) is 2.32. The van der Waals surface area contributed by atoms with Crippen LogP contribution in [0.2, 0.25) is 0 Å². The minimum Gasteiger partial charge on any atom is -0.299 e. The zero-order valence-corrected chi connectivity index (χ0v) is 9.92. The van der Waals surface area contributed by atoms with Gasteiger partial charge in [-0.15, -0.1) is 0 Å². The average Bonchev–Trinajstić information content (AvgIpc) is 2.56. The summed E-state index contributed by atoms with van der Waals surface area (Å²) in [5, 5.41) is 0. The Bertz CT molecular complexity index is 202. The average molecular weight is 196 g/mol. The molecule has 0 bridgehead atoms. The van der Waals surface area contributed by atoms with Gasteiger partial charge in [0.2, 0.25) is 0 Å². The van der Waals surface area contributed by atoms with Crippen LogP contribution in [0.4, 0.5) is 0 Å². The Morgan fingerprint density at radius 3 is 2.43 bits per heavy atom. The molecule has 2 rings (SSSR count). The molecule has 1 unspecified atom stereocenters. The van der Waals surface area contributed by atoms with Crippen LogP contribution in [0, 0.1) is 0 Å².